The summed E-state index contributed by atoms with van der Waals surface area (Å²) in [6.45, 7) is 4.01. The minimum Gasteiger partial charge on any atom is -0.328 e. The molecule has 0 unspecified atom stereocenters. The monoisotopic (exact) mass is 240 g/mol. The number of nitrogens with zero attached hydrogens (tertiary/aromatic N) is 1. The smallest absolute Gasteiger partial charge is 0.00420 e. The van der Waals surface area contributed by atoms with Gasteiger partial charge in [-0.25, -0.2) is 0 Å². The highest BCUT2D eigenvalue weighted by Gasteiger charge is 2.24. The highest BCUT2D eigenvalue weighted by molar-refractivity contribution is 5.85. The molecular weight excluding hydrogens is 219 g/mol. The Labute approximate surface area is 99.4 Å². The van der Waals surface area contributed by atoms with Crippen molar-refractivity contribution in [2.24, 2.45) is 11.7 Å². The number of hydrogen-bond acceptors (Lipinski definition) is 2. The minimum atomic E-state index is 0. The van der Waals surface area contributed by atoms with E-state index in [1.165, 1.54) is 51.7 Å². The van der Waals surface area contributed by atoms with Crippen LogP contribution in [0.2, 0.25) is 0 Å². The zero-order chi connectivity index (χ0) is 8.39. The summed E-state index contributed by atoms with van der Waals surface area (Å²) >= 11 is 0. The van der Waals surface area contributed by atoms with Crippen molar-refractivity contribution < 1.29 is 0 Å². The van der Waals surface area contributed by atoms with Crippen molar-refractivity contribution in [2.45, 2.75) is 38.1 Å². The van der Waals surface area contributed by atoms with E-state index in [4.69, 9.17) is 5.73 Å². The molecule has 0 spiro atoms. The third kappa shape index (κ3) is 3.93. The van der Waals surface area contributed by atoms with E-state index >= 15 is 0 Å². The topological polar surface area (TPSA) is 29.3 Å². The number of hydrogen-bond donors (Lipinski definition) is 1. The Bertz CT molecular complexity index is 149. The van der Waals surface area contributed by atoms with E-state index < -0.39 is 0 Å². The Balaban J connectivity index is 0.000000845. The van der Waals surface area contributed by atoms with Gasteiger partial charge in [0.15, 0.2) is 0 Å². The number of nitrogens with two attached hydrogens (primary N) is 1. The zero-order valence-electron chi connectivity index (χ0n) is 8.65. The van der Waals surface area contributed by atoms with Crippen LogP contribution in [-0.4, -0.2) is 30.6 Å². The zero-order valence-corrected chi connectivity index (χ0v) is 10.3. The summed E-state index contributed by atoms with van der Waals surface area (Å²) in [6, 6.07) is 0.512. The third-order valence-corrected chi connectivity index (χ3v) is 3.30. The van der Waals surface area contributed by atoms with Crippen LogP contribution in [0.3, 0.4) is 0 Å². The molecular formula is C10H22Cl2N2. The molecule has 2 rings (SSSR count). The van der Waals surface area contributed by atoms with Gasteiger partial charge in [0.2, 0.25) is 0 Å². The van der Waals surface area contributed by atoms with Crippen LogP contribution in [0.15, 0.2) is 0 Å². The third-order valence-electron chi connectivity index (χ3n) is 3.30. The van der Waals surface area contributed by atoms with Gasteiger partial charge in [-0.1, -0.05) is 0 Å². The van der Waals surface area contributed by atoms with E-state index in [2.05, 4.69) is 4.90 Å². The molecule has 1 aliphatic carbocycles. The predicted molar refractivity (Wildman–Crippen MR) is 65.5 cm³/mol. The van der Waals surface area contributed by atoms with Crippen molar-refractivity contribution in [2.75, 3.05) is 19.6 Å². The lowest BCUT2D eigenvalue weighted by Crippen LogP contribution is -2.26. The van der Waals surface area contributed by atoms with Crippen LogP contribution in [0, 0.1) is 5.92 Å². The standard InChI is InChI=1S/C10H20N2.2ClH/c11-10-4-3-9(7-10)8-12-5-1-2-6-12;;/h9-10H,1-8,11H2;2*1H/t9-,10+;;/m1../s1. The fraction of sp³-hybridized carbons (Fsp3) is 1.00. The number of halogens is 2. The normalized spacial score (nSPS) is 32.4. The van der Waals surface area contributed by atoms with Gasteiger partial charge in [0.25, 0.3) is 0 Å². The van der Waals surface area contributed by atoms with Crippen molar-refractivity contribution in [1.29, 1.82) is 0 Å². The summed E-state index contributed by atoms with van der Waals surface area (Å²) < 4.78 is 0. The van der Waals surface area contributed by atoms with E-state index in [9.17, 15) is 0 Å². The minimum absolute atomic E-state index is 0. The van der Waals surface area contributed by atoms with Crippen molar-refractivity contribution >= 4 is 24.8 Å². The van der Waals surface area contributed by atoms with Crippen LogP contribution in [0.4, 0.5) is 0 Å². The van der Waals surface area contributed by atoms with Gasteiger partial charge in [-0.05, 0) is 51.1 Å². The maximum absolute atomic E-state index is 5.88. The molecule has 0 radical (unpaired) electrons. The lowest BCUT2D eigenvalue weighted by Gasteiger charge is -2.19. The van der Waals surface area contributed by atoms with Crippen LogP contribution < -0.4 is 5.73 Å². The summed E-state index contributed by atoms with van der Waals surface area (Å²) in [5, 5.41) is 0. The summed E-state index contributed by atoms with van der Waals surface area (Å²) in [5.41, 5.74) is 5.88. The van der Waals surface area contributed by atoms with Crippen LogP contribution in [-0.2, 0) is 0 Å². The molecule has 0 aromatic carbocycles. The lowest BCUT2D eigenvalue weighted by atomic mass is 10.1. The molecule has 2 nitrogen and oxygen atoms in total. The molecule has 1 heterocycles. The van der Waals surface area contributed by atoms with E-state index in [1.807, 2.05) is 0 Å². The summed E-state index contributed by atoms with van der Waals surface area (Å²) in [7, 11) is 0. The number of likely N-dealkylation sites (tertiary alicyclic amines) is 1. The first-order valence-electron chi connectivity index (χ1n) is 5.32. The quantitative estimate of drug-likeness (QED) is 0.801. The molecule has 0 aromatic rings. The van der Waals surface area contributed by atoms with Crippen LogP contribution in [0.5, 0.6) is 0 Å². The van der Waals surface area contributed by atoms with Crippen molar-refractivity contribution in [3.8, 4) is 0 Å². The second-order valence-electron chi connectivity index (χ2n) is 4.45. The SMILES string of the molecule is Cl.Cl.N[C@H]1CC[C@@H](CN2CCCC2)C1. The average molecular weight is 241 g/mol. The van der Waals surface area contributed by atoms with Crippen molar-refractivity contribution in [3.63, 3.8) is 0 Å². The molecule has 0 amide bonds. The average Bonchev–Trinajstić information content (AvgIpc) is 2.63. The maximum Gasteiger partial charge on any atom is 0.00420 e. The van der Waals surface area contributed by atoms with E-state index in [0.29, 0.717) is 6.04 Å². The van der Waals surface area contributed by atoms with E-state index in [1.54, 1.807) is 0 Å². The Morgan fingerprint density at radius 3 is 2.21 bits per heavy atom. The van der Waals surface area contributed by atoms with Crippen LogP contribution in [0.25, 0.3) is 0 Å². The molecule has 2 aliphatic rings. The molecule has 4 heteroatoms. The summed E-state index contributed by atoms with van der Waals surface area (Å²) in [4.78, 5) is 2.61. The summed E-state index contributed by atoms with van der Waals surface area (Å²) in [5.74, 6) is 0.915. The molecule has 0 bridgehead atoms. The molecule has 0 aromatic heterocycles. The van der Waals surface area contributed by atoms with Gasteiger partial charge in [0.05, 0.1) is 0 Å². The van der Waals surface area contributed by atoms with Gasteiger partial charge in [-0.2, -0.15) is 0 Å². The Kier molecular flexibility index (Phi) is 7.13. The molecule has 1 aliphatic heterocycles. The highest BCUT2D eigenvalue weighted by Crippen LogP contribution is 2.25. The Morgan fingerprint density at radius 1 is 1.07 bits per heavy atom. The van der Waals surface area contributed by atoms with Crippen LogP contribution >= 0.6 is 24.8 Å². The van der Waals surface area contributed by atoms with Gasteiger partial charge in [0.1, 0.15) is 0 Å². The van der Waals surface area contributed by atoms with Gasteiger partial charge in [-0.15, -0.1) is 24.8 Å². The number of rotatable bonds is 2. The van der Waals surface area contributed by atoms with Gasteiger partial charge in [0, 0.05) is 12.6 Å². The molecule has 86 valence electrons. The highest BCUT2D eigenvalue weighted by atomic mass is 35.5. The second kappa shape index (κ2) is 6.89. The van der Waals surface area contributed by atoms with E-state index in [-0.39, 0.29) is 24.8 Å². The van der Waals surface area contributed by atoms with Crippen molar-refractivity contribution in [1.82, 2.24) is 4.90 Å². The maximum atomic E-state index is 5.88. The first kappa shape index (κ1) is 14.5. The first-order chi connectivity index (χ1) is 5.84. The predicted octanol–water partition coefficient (Wildman–Crippen LogP) is 2.05. The van der Waals surface area contributed by atoms with Crippen LogP contribution in [0.1, 0.15) is 32.1 Å². The second-order valence-corrected chi connectivity index (χ2v) is 4.45. The lowest BCUT2D eigenvalue weighted by molar-refractivity contribution is 0.279. The molecule has 1 saturated carbocycles. The Hall–Kier alpha value is 0.500. The fourth-order valence-electron chi connectivity index (χ4n) is 2.61. The largest absolute Gasteiger partial charge is 0.328 e. The first-order valence-corrected chi connectivity index (χ1v) is 5.32. The fourth-order valence-corrected chi connectivity index (χ4v) is 2.61. The molecule has 1 saturated heterocycles. The Morgan fingerprint density at radius 2 is 1.71 bits per heavy atom. The van der Waals surface area contributed by atoms with Crippen molar-refractivity contribution in [3.05, 3.63) is 0 Å². The van der Waals surface area contributed by atoms with Gasteiger partial charge < -0.3 is 10.6 Å². The summed E-state index contributed by atoms with van der Waals surface area (Å²) in [6.07, 6.45) is 6.74. The van der Waals surface area contributed by atoms with Gasteiger partial charge >= 0.3 is 0 Å². The molecule has 2 atom stereocenters. The van der Waals surface area contributed by atoms with E-state index in [0.717, 1.165) is 5.92 Å². The molecule has 2 N–H and O–H groups in total. The molecule has 2 fully saturated rings. The molecule has 14 heavy (non-hydrogen) atoms. The van der Waals surface area contributed by atoms with Gasteiger partial charge in [-0.3, -0.25) is 0 Å².